The third-order valence-electron chi connectivity index (χ3n) is 4.51. The van der Waals surface area contributed by atoms with E-state index in [1.165, 1.54) is 11.1 Å². The minimum atomic E-state index is 0. The van der Waals surface area contributed by atoms with Gasteiger partial charge in [-0.2, -0.15) is 0 Å². The Morgan fingerprint density at radius 1 is 1.29 bits per heavy atom. The molecule has 1 aliphatic heterocycles. The summed E-state index contributed by atoms with van der Waals surface area (Å²) in [4.78, 5) is 6.86. The number of hydrogen-bond donors (Lipinski definition) is 2. The Balaban J connectivity index is 0.00000288. The quantitative estimate of drug-likeness (QED) is 0.308. The predicted octanol–water partition coefficient (Wildman–Crippen LogP) is 3.04. The SMILES string of the molecule is C=CCNC(=NC)NCC(C(C)C)N1CCc2ccccc2C1.I. The second-order valence-corrected chi connectivity index (χ2v) is 6.42. The van der Waals surface area contributed by atoms with Crippen molar-refractivity contribution in [3.63, 3.8) is 0 Å². The third-order valence-corrected chi connectivity index (χ3v) is 4.51. The highest BCUT2D eigenvalue weighted by Gasteiger charge is 2.25. The Morgan fingerprint density at radius 2 is 2.00 bits per heavy atom. The lowest BCUT2D eigenvalue weighted by Crippen LogP contribution is -2.50. The summed E-state index contributed by atoms with van der Waals surface area (Å²) < 4.78 is 0. The average Bonchev–Trinajstić information content (AvgIpc) is 2.57. The van der Waals surface area contributed by atoms with E-state index in [0.29, 0.717) is 12.0 Å². The van der Waals surface area contributed by atoms with E-state index in [2.05, 4.69) is 65.2 Å². The number of nitrogens with one attached hydrogen (secondary N) is 2. The van der Waals surface area contributed by atoms with Gasteiger partial charge in [-0.15, -0.1) is 30.6 Å². The zero-order chi connectivity index (χ0) is 16.7. The summed E-state index contributed by atoms with van der Waals surface area (Å²) in [5.41, 5.74) is 2.97. The summed E-state index contributed by atoms with van der Waals surface area (Å²) in [5.74, 6) is 1.43. The van der Waals surface area contributed by atoms with Gasteiger partial charge in [-0.25, -0.2) is 0 Å². The van der Waals surface area contributed by atoms with Crippen molar-refractivity contribution in [1.82, 2.24) is 15.5 Å². The van der Waals surface area contributed by atoms with Crippen molar-refractivity contribution in [3.05, 3.63) is 48.0 Å². The lowest BCUT2D eigenvalue weighted by Gasteiger charge is -2.38. The molecule has 0 spiro atoms. The lowest BCUT2D eigenvalue weighted by atomic mass is 9.95. The van der Waals surface area contributed by atoms with Crippen LogP contribution in [0.15, 0.2) is 41.9 Å². The van der Waals surface area contributed by atoms with Crippen molar-refractivity contribution in [2.24, 2.45) is 10.9 Å². The van der Waals surface area contributed by atoms with E-state index < -0.39 is 0 Å². The maximum Gasteiger partial charge on any atom is 0.191 e. The van der Waals surface area contributed by atoms with Crippen molar-refractivity contribution in [2.45, 2.75) is 32.9 Å². The molecule has 0 bridgehead atoms. The molecular formula is C19H31IN4. The average molecular weight is 442 g/mol. The Kier molecular flexibility index (Phi) is 9.36. The van der Waals surface area contributed by atoms with Gasteiger partial charge in [-0.3, -0.25) is 9.89 Å². The first-order chi connectivity index (χ1) is 11.2. The number of guanidine groups is 1. The Hall–Kier alpha value is -1.08. The van der Waals surface area contributed by atoms with Gasteiger partial charge in [0.1, 0.15) is 0 Å². The Bertz CT molecular complexity index is 542. The number of halogens is 1. The smallest absolute Gasteiger partial charge is 0.191 e. The summed E-state index contributed by atoms with van der Waals surface area (Å²) in [6.07, 6.45) is 2.98. The van der Waals surface area contributed by atoms with Gasteiger partial charge >= 0.3 is 0 Å². The van der Waals surface area contributed by atoms with Crippen molar-refractivity contribution < 1.29 is 0 Å². The van der Waals surface area contributed by atoms with Gasteiger partial charge in [0.05, 0.1) is 0 Å². The van der Waals surface area contributed by atoms with Crippen LogP contribution in [-0.4, -0.2) is 43.6 Å². The van der Waals surface area contributed by atoms with Crippen LogP contribution in [0.1, 0.15) is 25.0 Å². The molecule has 1 aromatic carbocycles. The number of fused-ring (bicyclic) bond motifs is 1. The molecule has 2 rings (SSSR count). The van der Waals surface area contributed by atoms with Crippen LogP contribution in [0.5, 0.6) is 0 Å². The van der Waals surface area contributed by atoms with Gasteiger partial charge in [0.25, 0.3) is 0 Å². The molecule has 1 heterocycles. The van der Waals surface area contributed by atoms with Gasteiger partial charge in [0.15, 0.2) is 5.96 Å². The van der Waals surface area contributed by atoms with Crippen molar-refractivity contribution >= 4 is 29.9 Å². The van der Waals surface area contributed by atoms with E-state index in [9.17, 15) is 0 Å². The molecule has 1 unspecified atom stereocenters. The molecule has 0 aromatic heterocycles. The first-order valence-electron chi connectivity index (χ1n) is 8.52. The van der Waals surface area contributed by atoms with Crippen LogP contribution in [-0.2, 0) is 13.0 Å². The van der Waals surface area contributed by atoms with Crippen LogP contribution in [0.2, 0.25) is 0 Å². The Labute approximate surface area is 163 Å². The molecule has 0 fully saturated rings. The van der Waals surface area contributed by atoms with Gasteiger partial charge in [-0.1, -0.05) is 44.2 Å². The van der Waals surface area contributed by atoms with Gasteiger partial charge in [-0.05, 0) is 23.5 Å². The molecule has 0 radical (unpaired) electrons. The molecule has 0 saturated carbocycles. The summed E-state index contributed by atoms with van der Waals surface area (Å²) in [6.45, 7) is 12.1. The van der Waals surface area contributed by atoms with Crippen molar-refractivity contribution in [2.75, 3.05) is 26.7 Å². The molecule has 0 aliphatic carbocycles. The van der Waals surface area contributed by atoms with Crippen LogP contribution in [0, 0.1) is 5.92 Å². The molecule has 0 amide bonds. The number of aliphatic imine (C=N–C) groups is 1. The van der Waals surface area contributed by atoms with Crippen molar-refractivity contribution in [1.29, 1.82) is 0 Å². The van der Waals surface area contributed by atoms with Gasteiger partial charge in [0.2, 0.25) is 0 Å². The minimum absolute atomic E-state index is 0. The highest BCUT2D eigenvalue weighted by atomic mass is 127. The standard InChI is InChI=1S/C19H30N4.HI/c1-5-11-21-19(20-4)22-13-18(15(2)3)23-12-10-16-8-6-7-9-17(16)14-23;/h5-9,15,18H,1,10-14H2,2-4H3,(H2,20,21,22);1H. The van der Waals surface area contributed by atoms with E-state index in [1.54, 1.807) is 7.05 Å². The highest BCUT2D eigenvalue weighted by Crippen LogP contribution is 2.22. The molecule has 2 N–H and O–H groups in total. The zero-order valence-corrected chi connectivity index (χ0v) is 17.4. The predicted molar refractivity (Wildman–Crippen MR) is 114 cm³/mol. The fraction of sp³-hybridized carbons (Fsp3) is 0.526. The second-order valence-electron chi connectivity index (χ2n) is 6.42. The fourth-order valence-corrected chi connectivity index (χ4v) is 3.18. The summed E-state index contributed by atoms with van der Waals surface area (Å²) in [7, 11) is 1.81. The first kappa shape index (κ1) is 21.0. The first-order valence-corrected chi connectivity index (χ1v) is 8.52. The molecule has 24 heavy (non-hydrogen) atoms. The summed E-state index contributed by atoms with van der Waals surface area (Å²) >= 11 is 0. The highest BCUT2D eigenvalue weighted by molar-refractivity contribution is 14.0. The molecule has 5 heteroatoms. The number of rotatable bonds is 6. The maximum atomic E-state index is 4.27. The van der Waals surface area contributed by atoms with Gasteiger partial charge < -0.3 is 10.6 Å². The lowest BCUT2D eigenvalue weighted by molar-refractivity contribution is 0.140. The number of benzene rings is 1. The van der Waals surface area contributed by atoms with Crippen LogP contribution in [0.3, 0.4) is 0 Å². The topological polar surface area (TPSA) is 39.7 Å². The molecule has 4 nitrogen and oxygen atoms in total. The fourth-order valence-electron chi connectivity index (χ4n) is 3.18. The molecule has 1 aliphatic rings. The normalized spacial score (nSPS) is 16.1. The number of nitrogens with zero attached hydrogens (tertiary/aromatic N) is 2. The third kappa shape index (κ3) is 5.77. The Morgan fingerprint density at radius 3 is 2.62 bits per heavy atom. The summed E-state index contributed by atoms with van der Waals surface area (Å²) in [6, 6.07) is 9.30. The molecular weight excluding hydrogens is 411 g/mol. The molecule has 0 saturated heterocycles. The van der Waals surface area contributed by atoms with Crippen LogP contribution in [0.25, 0.3) is 0 Å². The monoisotopic (exact) mass is 442 g/mol. The van der Waals surface area contributed by atoms with Gasteiger partial charge in [0, 0.05) is 39.3 Å². The largest absolute Gasteiger partial charge is 0.355 e. The molecule has 1 aromatic rings. The molecule has 1 atom stereocenters. The van der Waals surface area contributed by atoms with E-state index in [-0.39, 0.29) is 24.0 Å². The minimum Gasteiger partial charge on any atom is -0.355 e. The zero-order valence-electron chi connectivity index (χ0n) is 15.1. The van der Waals surface area contributed by atoms with E-state index in [0.717, 1.165) is 38.6 Å². The van der Waals surface area contributed by atoms with Crippen molar-refractivity contribution in [3.8, 4) is 0 Å². The number of hydrogen-bond acceptors (Lipinski definition) is 2. The second kappa shape index (κ2) is 10.7. The molecule has 134 valence electrons. The van der Waals surface area contributed by atoms with Crippen LogP contribution in [0.4, 0.5) is 0 Å². The van der Waals surface area contributed by atoms with E-state index in [1.807, 2.05) is 6.08 Å². The van der Waals surface area contributed by atoms with Crippen LogP contribution >= 0.6 is 24.0 Å². The van der Waals surface area contributed by atoms with E-state index >= 15 is 0 Å². The maximum absolute atomic E-state index is 4.27. The van der Waals surface area contributed by atoms with Crippen LogP contribution < -0.4 is 10.6 Å². The van der Waals surface area contributed by atoms with E-state index in [4.69, 9.17) is 0 Å². The summed E-state index contributed by atoms with van der Waals surface area (Å²) in [5, 5.41) is 6.69.